The second-order valence-electron chi connectivity index (χ2n) is 6.49. The van der Waals surface area contributed by atoms with Crippen LogP contribution < -0.4 is 14.8 Å². The summed E-state index contributed by atoms with van der Waals surface area (Å²) in [5.41, 5.74) is 5.45. The highest BCUT2D eigenvalue weighted by molar-refractivity contribution is 5.85. The average Bonchev–Trinajstić information content (AvgIpc) is 3.39. The van der Waals surface area contributed by atoms with Crippen LogP contribution in [0.2, 0.25) is 0 Å². The van der Waals surface area contributed by atoms with Crippen molar-refractivity contribution in [1.82, 2.24) is 10.3 Å². The van der Waals surface area contributed by atoms with Gasteiger partial charge in [-0.2, -0.15) is 0 Å². The number of hydrogen-bond acceptors (Lipinski definition) is 4. The second kappa shape index (κ2) is 12.6. The molecule has 0 radical (unpaired) electrons. The first-order chi connectivity index (χ1) is 15.2. The molecule has 0 atom stereocenters. The molecule has 1 N–H and O–H groups in total. The van der Waals surface area contributed by atoms with Crippen LogP contribution in [0.25, 0.3) is 28.6 Å². The monoisotopic (exact) mass is 418 g/mol. The molecule has 0 fully saturated rings. The number of aromatic nitrogens is 1. The van der Waals surface area contributed by atoms with Gasteiger partial charge in [-0.3, -0.25) is 0 Å². The van der Waals surface area contributed by atoms with E-state index in [9.17, 15) is 0 Å². The average molecular weight is 419 g/mol. The Morgan fingerprint density at radius 3 is 2.06 bits per heavy atom. The number of pyridine rings is 1. The summed E-state index contributed by atoms with van der Waals surface area (Å²) in [6.45, 7) is 9.80. The van der Waals surface area contributed by atoms with Gasteiger partial charge in [0.25, 0.3) is 0 Å². The van der Waals surface area contributed by atoms with E-state index in [0.717, 1.165) is 52.3 Å². The molecule has 4 nitrogen and oxygen atoms in total. The predicted octanol–water partition coefficient (Wildman–Crippen LogP) is 6.46. The van der Waals surface area contributed by atoms with Gasteiger partial charge in [-0.25, -0.2) is 4.98 Å². The van der Waals surface area contributed by atoms with Gasteiger partial charge in [-0.05, 0) is 41.0 Å². The highest BCUT2D eigenvalue weighted by Gasteiger charge is 2.08. The molecule has 0 unspecified atom stereocenters. The fraction of sp³-hybridized carbons (Fsp3) is 0.296. The van der Waals surface area contributed by atoms with Crippen molar-refractivity contribution in [2.24, 2.45) is 0 Å². The van der Waals surface area contributed by atoms with E-state index < -0.39 is 0 Å². The Morgan fingerprint density at radius 1 is 0.806 bits per heavy atom. The Kier molecular flexibility index (Phi) is 9.79. The fourth-order valence-electron chi connectivity index (χ4n) is 3.20. The lowest BCUT2D eigenvalue weighted by Crippen LogP contribution is -2.08. The summed E-state index contributed by atoms with van der Waals surface area (Å²) in [4.78, 5) is 4.85. The summed E-state index contributed by atoms with van der Waals surface area (Å²) in [5, 5.41) is 4.47. The van der Waals surface area contributed by atoms with E-state index in [1.807, 2.05) is 45.9 Å². The zero-order valence-corrected chi connectivity index (χ0v) is 19.5. The number of fused-ring (bicyclic) bond motifs is 1. The van der Waals surface area contributed by atoms with E-state index in [0.29, 0.717) is 0 Å². The fourth-order valence-corrected chi connectivity index (χ4v) is 3.20. The topological polar surface area (TPSA) is 43.4 Å². The molecule has 0 amide bonds. The molecule has 1 aliphatic heterocycles. The number of nitrogens with one attached hydrogen (secondary N) is 1. The quantitative estimate of drug-likeness (QED) is 0.483. The smallest absolute Gasteiger partial charge is 0.123 e. The highest BCUT2D eigenvalue weighted by atomic mass is 16.5. The molecule has 3 aromatic rings. The van der Waals surface area contributed by atoms with Crippen LogP contribution in [0.1, 0.15) is 44.5 Å². The second-order valence-corrected chi connectivity index (χ2v) is 6.49. The first-order valence-corrected chi connectivity index (χ1v) is 11.0. The molecule has 2 aromatic carbocycles. The van der Waals surface area contributed by atoms with Crippen LogP contribution >= 0.6 is 0 Å². The van der Waals surface area contributed by atoms with Crippen LogP contribution in [0.3, 0.4) is 0 Å². The lowest BCUT2D eigenvalue weighted by molar-refractivity contribution is 0.394. The minimum atomic E-state index is 0.775. The third kappa shape index (κ3) is 6.43. The molecule has 31 heavy (non-hydrogen) atoms. The van der Waals surface area contributed by atoms with E-state index in [2.05, 4.69) is 53.9 Å². The van der Waals surface area contributed by atoms with Crippen LogP contribution in [0.15, 0.2) is 54.6 Å². The van der Waals surface area contributed by atoms with Gasteiger partial charge >= 0.3 is 0 Å². The first-order valence-electron chi connectivity index (χ1n) is 11.0. The van der Waals surface area contributed by atoms with Gasteiger partial charge in [0, 0.05) is 24.5 Å². The van der Waals surface area contributed by atoms with Gasteiger partial charge in [-0.15, -0.1) is 0 Å². The molecular weight excluding hydrogens is 384 g/mol. The molecule has 2 heterocycles. The third-order valence-corrected chi connectivity index (χ3v) is 4.70. The molecule has 0 aliphatic carbocycles. The Labute approximate surface area is 186 Å². The number of ether oxygens (including phenoxy) is 2. The van der Waals surface area contributed by atoms with Crippen molar-refractivity contribution in [3.63, 3.8) is 0 Å². The zero-order valence-electron chi connectivity index (χ0n) is 19.5. The van der Waals surface area contributed by atoms with Crippen LogP contribution in [0.4, 0.5) is 0 Å². The summed E-state index contributed by atoms with van der Waals surface area (Å²) in [5.74, 6) is 1.55. The van der Waals surface area contributed by atoms with Crippen molar-refractivity contribution < 1.29 is 9.47 Å². The van der Waals surface area contributed by atoms with E-state index in [1.165, 1.54) is 5.57 Å². The Hall–Kier alpha value is -3.11. The number of benzene rings is 2. The van der Waals surface area contributed by atoms with Crippen molar-refractivity contribution in [2.75, 3.05) is 27.3 Å². The number of methoxy groups -OCH3 is 2. The largest absolute Gasteiger partial charge is 0.497 e. The van der Waals surface area contributed by atoms with Crippen LogP contribution in [-0.4, -0.2) is 32.3 Å². The van der Waals surface area contributed by atoms with Gasteiger partial charge in [0.1, 0.15) is 11.5 Å². The van der Waals surface area contributed by atoms with E-state index in [4.69, 9.17) is 14.5 Å². The zero-order chi connectivity index (χ0) is 22.6. The number of nitrogens with zero attached hydrogens (tertiary/aromatic N) is 1. The normalized spacial score (nSPS) is 12.5. The first kappa shape index (κ1) is 24.2. The maximum Gasteiger partial charge on any atom is 0.123 e. The van der Waals surface area contributed by atoms with Gasteiger partial charge < -0.3 is 14.8 Å². The lowest BCUT2D eigenvalue weighted by Gasteiger charge is -2.06. The predicted molar refractivity (Wildman–Crippen MR) is 134 cm³/mol. The minimum absolute atomic E-state index is 0.775. The maximum absolute atomic E-state index is 5.33. The summed E-state index contributed by atoms with van der Waals surface area (Å²) in [6, 6.07) is 16.4. The summed E-state index contributed by atoms with van der Waals surface area (Å²) >= 11 is 0. The van der Waals surface area contributed by atoms with Crippen molar-refractivity contribution in [2.45, 2.75) is 27.7 Å². The number of hydrogen-bond donors (Lipinski definition) is 1. The maximum atomic E-state index is 5.33. The van der Waals surface area contributed by atoms with Crippen LogP contribution in [-0.2, 0) is 0 Å². The SMILES string of the molecule is CC.CC.COc1cc(/C=C\c2ccc3ccc(C4=CCNC4)nc3c2)cc(OC)c1. The Bertz CT molecular complexity index is 1020. The summed E-state index contributed by atoms with van der Waals surface area (Å²) in [6.07, 6.45) is 6.34. The van der Waals surface area contributed by atoms with Crippen molar-refractivity contribution in [3.05, 3.63) is 71.4 Å². The third-order valence-electron chi connectivity index (χ3n) is 4.70. The molecule has 1 aliphatic rings. The molecule has 0 saturated heterocycles. The van der Waals surface area contributed by atoms with Crippen LogP contribution in [0.5, 0.6) is 11.5 Å². The van der Waals surface area contributed by atoms with Gasteiger partial charge in [-0.1, -0.05) is 64.1 Å². The Morgan fingerprint density at radius 2 is 1.45 bits per heavy atom. The molecule has 0 bridgehead atoms. The molecule has 0 saturated carbocycles. The molecular formula is C27H34N2O2. The van der Waals surface area contributed by atoms with E-state index in [1.54, 1.807) is 14.2 Å². The van der Waals surface area contributed by atoms with Crippen LogP contribution in [0, 0.1) is 0 Å². The molecule has 4 heteroatoms. The summed E-state index contributed by atoms with van der Waals surface area (Å²) in [7, 11) is 3.31. The number of rotatable bonds is 5. The molecule has 4 rings (SSSR count). The van der Waals surface area contributed by atoms with Gasteiger partial charge in [0.2, 0.25) is 0 Å². The van der Waals surface area contributed by atoms with E-state index in [-0.39, 0.29) is 0 Å². The van der Waals surface area contributed by atoms with Crippen molar-refractivity contribution in [3.8, 4) is 11.5 Å². The van der Waals surface area contributed by atoms with Crippen molar-refractivity contribution >= 4 is 28.6 Å². The molecule has 0 spiro atoms. The highest BCUT2D eigenvalue weighted by Crippen LogP contribution is 2.25. The minimum Gasteiger partial charge on any atom is -0.497 e. The van der Waals surface area contributed by atoms with E-state index >= 15 is 0 Å². The van der Waals surface area contributed by atoms with Gasteiger partial charge in [0.05, 0.1) is 25.4 Å². The lowest BCUT2D eigenvalue weighted by atomic mass is 10.1. The molecule has 1 aromatic heterocycles. The standard InChI is InChI=1S/C23H22N2O2.2C2H6/c1-26-20-11-17(12-21(14-20)27-2)4-3-16-5-6-18-7-8-22(25-23(18)13-16)19-9-10-24-15-19;2*1-2/h3-9,11-14,24H,10,15H2,1-2H3;2*1-2H3/b4-3-;;. The van der Waals surface area contributed by atoms with Crippen molar-refractivity contribution in [1.29, 1.82) is 0 Å². The Balaban J connectivity index is 0.000000807. The summed E-state index contributed by atoms with van der Waals surface area (Å²) < 4.78 is 10.7. The molecule has 164 valence electrons. The van der Waals surface area contributed by atoms with Gasteiger partial charge in [0.15, 0.2) is 0 Å².